The Morgan fingerprint density at radius 1 is 1.29 bits per heavy atom. The smallest absolute Gasteiger partial charge is 0.227 e. The van der Waals surface area contributed by atoms with Gasteiger partial charge in [0.15, 0.2) is 17.9 Å². The third kappa shape index (κ3) is 3.62. The van der Waals surface area contributed by atoms with Crippen molar-refractivity contribution in [3.8, 4) is 5.75 Å². The van der Waals surface area contributed by atoms with Gasteiger partial charge in [-0.3, -0.25) is 14.4 Å². The molecule has 35 heavy (non-hydrogen) atoms. The maximum Gasteiger partial charge on any atom is 0.227 e. The molecule has 0 aliphatic carbocycles. The van der Waals surface area contributed by atoms with E-state index in [-0.39, 0.29) is 59.1 Å². The third-order valence-corrected chi connectivity index (χ3v) is 6.85. The average Bonchev–Trinajstić information content (AvgIpc) is 3.19. The Morgan fingerprint density at radius 2 is 2.06 bits per heavy atom. The van der Waals surface area contributed by atoms with Gasteiger partial charge in [0.05, 0.1) is 28.2 Å². The molecule has 5 rings (SSSR count). The Morgan fingerprint density at radius 3 is 2.83 bits per heavy atom. The van der Waals surface area contributed by atoms with Gasteiger partial charge in [0, 0.05) is 30.9 Å². The normalized spacial score (nSPS) is 18.3. The number of ether oxygens (including phenoxy) is 1. The molecule has 8 nitrogen and oxygen atoms in total. The quantitative estimate of drug-likeness (QED) is 0.318. The standard InChI is InChI=1S/C26H27FN4O4/c1-14-10-16-6-3-4-7-18(16)31(14)19(33)8-5-9-29-23-21(27)22(28)20-24-26(23)35-13-15(2)30(24)11-17(12-32)25(20)34/h3-4,6-7,11-12,14-15,29H,5,8-10,13,28H2,1-2H3/t14?,15-/m0/s1. The van der Waals surface area contributed by atoms with Crippen LogP contribution in [0.5, 0.6) is 5.75 Å². The maximum atomic E-state index is 15.3. The molecule has 3 aromatic rings. The number of benzene rings is 2. The number of para-hydroxylation sites is 1. The van der Waals surface area contributed by atoms with Crippen LogP contribution in [-0.4, -0.2) is 36.0 Å². The van der Waals surface area contributed by atoms with Crippen molar-refractivity contribution in [2.45, 2.75) is 45.2 Å². The number of nitrogen functional groups attached to an aromatic ring is 1. The van der Waals surface area contributed by atoms with Gasteiger partial charge in [0.25, 0.3) is 0 Å². The molecule has 3 N–H and O–H groups in total. The molecule has 0 saturated heterocycles. The first kappa shape index (κ1) is 22.9. The fourth-order valence-electron chi connectivity index (χ4n) is 5.13. The molecular formula is C26H27FN4O4. The Bertz CT molecular complexity index is 1420. The summed E-state index contributed by atoms with van der Waals surface area (Å²) in [4.78, 5) is 38.9. The highest BCUT2D eigenvalue weighted by Crippen LogP contribution is 2.43. The number of fused-ring (bicyclic) bond motifs is 1. The summed E-state index contributed by atoms with van der Waals surface area (Å²) in [6.45, 7) is 4.45. The highest BCUT2D eigenvalue weighted by molar-refractivity contribution is 6.02. The lowest BCUT2D eigenvalue weighted by atomic mass is 10.0. The first-order valence-electron chi connectivity index (χ1n) is 11.7. The zero-order chi connectivity index (χ0) is 24.9. The summed E-state index contributed by atoms with van der Waals surface area (Å²) in [7, 11) is 0. The predicted octanol–water partition coefficient (Wildman–Crippen LogP) is 3.66. The van der Waals surface area contributed by atoms with Crippen LogP contribution in [0.25, 0.3) is 10.9 Å². The van der Waals surface area contributed by atoms with E-state index in [2.05, 4.69) is 5.32 Å². The molecule has 182 valence electrons. The van der Waals surface area contributed by atoms with Crippen LogP contribution in [-0.2, 0) is 11.2 Å². The lowest BCUT2D eigenvalue weighted by molar-refractivity contribution is -0.118. The van der Waals surface area contributed by atoms with Gasteiger partial charge in [-0.15, -0.1) is 0 Å². The number of rotatable bonds is 6. The Hall–Kier alpha value is -3.88. The molecule has 0 saturated carbocycles. The second-order valence-corrected chi connectivity index (χ2v) is 9.23. The first-order chi connectivity index (χ1) is 16.8. The molecule has 2 aliphatic heterocycles. The van der Waals surface area contributed by atoms with Crippen LogP contribution in [0.4, 0.5) is 21.5 Å². The number of aldehydes is 1. The van der Waals surface area contributed by atoms with Crippen molar-refractivity contribution >= 4 is 40.2 Å². The van der Waals surface area contributed by atoms with Crippen molar-refractivity contribution in [3.05, 3.63) is 57.6 Å². The molecule has 0 bridgehead atoms. The van der Waals surface area contributed by atoms with Crippen molar-refractivity contribution in [1.29, 1.82) is 0 Å². The van der Waals surface area contributed by atoms with Gasteiger partial charge in [-0.25, -0.2) is 4.39 Å². The number of pyridine rings is 1. The highest BCUT2D eigenvalue weighted by Gasteiger charge is 2.31. The molecule has 0 spiro atoms. The zero-order valence-electron chi connectivity index (χ0n) is 19.6. The topological polar surface area (TPSA) is 107 Å². The van der Waals surface area contributed by atoms with Gasteiger partial charge >= 0.3 is 0 Å². The van der Waals surface area contributed by atoms with Gasteiger partial charge in [0.2, 0.25) is 11.3 Å². The zero-order valence-corrected chi connectivity index (χ0v) is 19.6. The third-order valence-electron chi connectivity index (χ3n) is 6.85. The summed E-state index contributed by atoms with van der Waals surface area (Å²) in [5.74, 6) is -0.598. The average molecular weight is 479 g/mol. The van der Waals surface area contributed by atoms with Crippen molar-refractivity contribution < 1.29 is 18.7 Å². The number of nitrogens with one attached hydrogen (secondary N) is 1. The van der Waals surface area contributed by atoms with E-state index >= 15 is 4.39 Å². The lowest BCUT2D eigenvalue weighted by Gasteiger charge is -2.29. The van der Waals surface area contributed by atoms with E-state index in [1.807, 2.05) is 43.0 Å². The largest absolute Gasteiger partial charge is 0.487 e. The monoisotopic (exact) mass is 478 g/mol. The second-order valence-electron chi connectivity index (χ2n) is 9.23. The number of amides is 1. The summed E-state index contributed by atoms with van der Waals surface area (Å²) in [6.07, 6.45) is 3.50. The van der Waals surface area contributed by atoms with Crippen molar-refractivity contribution in [2.75, 3.05) is 29.1 Å². The minimum Gasteiger partial charge on any atom is -0.487 e. The fourth-order valence-corrected chi connectivity index (χ4v) is 5.13. The van der Waals surface area contributed by atoms with Gasteiger partial charge in [0.1, 0.15) is 12.3 Å². The number of anilines is 3. The summed E-state index contributed by atoms with van der Waals surface area (Å²) in [5, 5.41) is 2.97. The van der Waals surface area contributed by atoms with E-state index < -0.39 is 11.2 Å². The molecule has 3 heterocycles. The van der Waals surface area contributed by atoms with E-state index in [1.54, 1.807) is 4.57 Å². The molecular weight excluding hydrogens is 451 g/mol. The Kier molecular flexibility index (Phi) is 5.70. The minimum absolute atomic E-state index is 0.0180. The van der Waals surface area contributed by atoms with Crippen molar-refractivity contribution in [1.82, 2.24) is 4.57 Å². The second kappa shape index (κ2) is 8.72. The van der Waals surface area contributed by atoms with E-state index in [1.165, 1.54) is 6.20 Å². The van der Waals surface area contributed by atoms with Crippen LogP contribution in [0.15, 0.2) is 35.3 Å². The first-order valence-corrected chi connectivity index (χ1v) is 11.7. The number of halogens is 1. The van der Waals surface area contributed by atoms with Crippen LogP contribution in [0.2, 0.25) is 0 Å². The number of nitrogens with zero attached hydrogens (tertiary/aromatic N) is 2. The molecule has 1 amide bonds. The maximum absolute atomic E-state index is 15.3. The summed E-state index contributed by atoms with van der Waals surface area (Å²) in [6, 6.07) is 7.82. The molecule has 0 radical (unpaired) electrons. The summed E-state index contributed by atoms with van der Waals surface area (Å²) >= 11 is 0. The van der Waals surface area contributed by atoms with Crippen LogP contribution < -0.4 is 26.1 Å². The summed E-state index contributed by atoms with van der Waals surface area (Å²) in [5.41, 5.74) is 7.53. The number of hydrogen-bond donors (Lipinski definition) is 2. The number of hydrogen-bond acceptors (Lipinski definition) is 6. The molecule has 1 aromatic heterocycles. The molecule has 2 atom stereocenters. The van der Waals surface area contributed by atoms with E-state index in [0.717, 1.165) is 17.7 Å². The highest BCUT2D eigenvalue weighted by atomic mass is 19.1. The predicted molar refractivity (Wildman–Crippen MR) is 133 cm³/mol. The molecule has 0 fully saturated rings. The van der Waals surface area contributed by atoms with Crippen LogP contribution in [0.1, 0.15) is 48.7 Å². The lowest BCUT2D eigenvalue weighted by Crippen LogP contribution is -2.35. The van der Waals surface area contributed by atoms with Gasteiger partial charge in [-0.05, 0) is 38.3 Å². The van der Waals surface area contributed by atoms with Crippen molar-refractivity contribution in [3.63, 3.8) is 0 Å². The summed E-state index contributed by atoms with van der Waals surface area (Å²) < 4.78 is 22.9. The Labute approximate surface area is 201 Å². The number of nitrogens with two attached hydrogens (primary N) is 1. The fraction of sp³-hybridized carbons (Fsp3) is 0.346. The van der Waals surface area contributed by atoms with E-state index in [4.69, 9.17) is 10.5 Å². The molecule has 2 aliphatic rings. The van der Waals surface area contributed by atoms with Crippen LogP contribution >= 0.6 is 0 Å². The Balaban J connectivity index is 1.38. The van der Waals surface area contributed by atoms with Gasteiger partial charge in [-0.1, -0.05) is 18.2 Å². The number of carbonyl (C=O) groups excluding carboxylic acids is 2. The number of aromatic nitrogens is 1. The molecule has 2 aromatic carbocycles. The SMILES string of the molecule is CC1Cc2ccccc2N1C(=O)CCCNc1c(F)c(N)c2c(=O)c(C=O)cn3c2c1OC[C@@H]3C. The van der Waals surface area contributed by atoms with E-state index in [9.17, 15) is 14.4 Å². The molecule has 9 heteroatoms. The van der Waals surface area contributed by atoms with Crippen LogP contribution in [0.3, 0.4) is 0 Å². The van der Waals surface area contributed by atoms with Gasteiger partial charge < -0.3 is 25.3 Å². The molecule has 1 unspecified atom stereocenters. The van der Waals surface area contributed by atoms with E-state index in [0.29, 0.717) is 24.8 Å². The van der Waals surface area contributed by atoms with Crippen molar-refractivity contribution in [2.24, 2.45) is 0 Å². The van der Waals surface area contributed by atoms with Crippen LogP contribution in [0, 0.1) is 5.82 Å². The van der Waals surface area contributed by atoms with Gasteiger partial charge in [-0.2, -0.15) is 0 Å². The minimum atomic E-state index is -0.804. The number of carbonyl (C=O) groups is 2.